The lowest BCUT2D eigenvalue weighted by molar-refractivity contribution is -0.136. The number of fused-ring (bicyclic) bond motifs is 1. The van der Waals surface area contributed by atoms with Gasteiger partial charge in [0.05, 0.1) is 13.7 Å². The van der Waals surface area contributed by atoms with Crippen LogP contribution in [0.3, 0.4) is 0 Å². The zero-order valence-electron chi connectivity index (χ0n) is 13.2. The maximum atomic E-state index is 13.0. The number of hydrogen-bond acceptors (Lipinski definition) is 5. The Labute approximate surface area is 139 Å². The molecule has 1 amide bonds. The number of rotatable bonds is 4. The Bertz CT molecular complexity index is 930. The Kier molecular flexibility index (Phi) is 4.07. The maximum Gasteiger partial charge on any atom is 0.420 e. The van der Waals surface area contributed by atoms with Crippen LogP contribution in [0.5, 0.6) is 5.88 Å². The van der Waals surface area contributed by atoms with Crippen molar-refractivity contribution >= 4 is 11.6 Å². The van der Waals surface area contributed by atoms with Gasteiger partial charge in [0, 0.05) is 19.4 Å². The second kappa shape index (κ2) is 6.07. The number of carbonyl (C=O) groups is 1. The first-order valence-corrected chi connectivity index (χ1v) is 7.07. The summed E-state index contributed by atoms with van der Waals surface area (Å²) < 4.78 is 46.5. The number of aromatic nitrogens is 5. The van der Waals surface area contributed by atoms with E-state index in [1.54, 1.807) is 7.05 Å². The second-order valence-corrected chi connectivity index (χ2v) is 5.14. The summed E-state index contributed by atoms with van der Waals surface area (Å²) in [5.41, 5.74) is -1.01. The topological polar surface area (TPSA) is 86.3 Å². The number of nitrogens with zero attached hydrogens (tertiary/aromatic N) is 5. The molecule has 11 heteroatoms. The van der Waals surface area contributed by atoms with E-state index in [0.717, 1.165) is 6.07 Å². The van der Waals surface area contributed by atoms with Crippen LogP contribution < -0.4 is 10.1 Å². The summed E-state index contributed by atoms with van der Waals surface area (Å²) in [6, 6.07) is 2.17. The third-order valence-electron chi connectivity index (χ3n) is 3.45. The van der Waals surface area contributed by atoms with Gasteiger partial charge in [-0.05, 0) is 12.1 Å². The van der Waals surface area contributed by atoms with Crippen molar-refractivity contribution in [3.8, 4) is 5.88 Å². The average Bonchev–Trinajstić information content (AvgIpc) is 3.14. The van der Waals surface area contributed by atoms with Gasteiger partial charge in [0.25, 0.3) is 5.91 Å². The molecule has 132 valence electrons. The molecule has 8 nitrogen and oxygen atoms in total. The van der Waals surface area contributed by atoms with Gasteiger partial charge in [-0.3, -0.25) is 13.9 Å². The monoisotopic (exact) mass is 354 g/mol. The van der Waals surface area contributed by atoms with E-state index in [1.165, 1.54) is 34.7 Å². The van der Waals surface area contributed by atoms with E-state index in [2.05, 4.69) is 20.6 Å². The van der Waals surface area contributed by atoms with Crippen LogP contribution >= 0.6 is 0 Å². The minimum absolute atomic E-state index is 0.112. The number of amides is 1. The van der Waals surface area contributed by atoms with Crippen molar-refractivity contribution in [1.82, 2.24) is 29.7 Å². The summed E-state index contributed by atoms with van der Waals surface area (Å²) in [6.07, 6.45) is -1.67. The van der Waals surface area contributed by atoms with Crippen LogP contribution in [0.15, 0.2) is 24.5 Å². The predicted molar refractivity (Wildman–Crippen MR) is 78.9 cm³/mol. The van der Waals surface area contributed by atoms with Gasteiger partial charge in [-0.15, -0.1) is 15.3 Å². The molecule has 0 saturated carbocycles. The molecular weight excluding hydrogens is 341 g/mol. The van der Waals surface area contributed by atoms with Crippen LogP contribution in [0.2, 0.25) is 0 Å². The van der Waals surface area contributed by atoms with Gasteiger partial charge in [0.2, 0.25) is 5.88 Å². The molecule has 0 aliphatic carbocycles. The largest absolute Gasteiger partial charge is 0.479 e. The number of alkyl halides is 3. The van der Waals surface area contributed by atoms with Crippen LogP contribution in [0, 0.1) is 0 Å². The summed E-state index contributed by atoms with van der Waals surface area (Å²) in [7, 11) is 3.01. The molecule has 1 N–H and O–H groups in total. The zero-order chi connectivity index (χ0) is 18.2. The number of halogens is 3. The number of methoxy groups -OCH3 is 1. The molecule has 3 rings (SSSR count). The van der Waals surface area contributed by atoms with Crippen molar-refractivity contribution < 1.29 is 22.7 Å². The molecule has 0 aliphatic heterocycles. The van der Waals surface area contributed by atoms with Gasteiger partial charge >= 0.3 is 6.18 Å². The lowest BCUT2D eigenvalue weighted by Crippen LogP contribution is -2.24. The van der Waals surface area contributed by atoms with Crippen molar-refractivity contribution in [1.29, 1.82) is 0 Å². The van der Waals surface area contributed by atoms with Gasteiger partial charge in [-0.2, -0.15) is 13.2 Å². The molecule has 0 fully saturated rings. The average molecular weight is 354 g/mol. The summed E-state index contributed by atoms with van der Waals surface area (Å²) in [6.45, 7) is -0.112. The van der Waals surface area contributed by atoms with E-state index < -0.39 is 17.6 Å². The van der Waals surface area contributed by atoms with Crippen molar-refractivity contribution in [2.75, 3.05) is 7.11 Å². The first kappa shape index (κ1) is 16.7. The highest BCUT2D eigenvalue weighted by molar-refractivity contribution is 5.96. The lowest BCUT2D eigenvalue weighted by Gasteiger charge is -2.08. The van der Waals surface area contributed by atoms with Crippen LogP contribution in [0.1, 0.15) is 21.7 Å². The van der Waals surface area contributed by atoms with Crippen molar-refractivity contribution in [3.63, 3.8) is 0 Å². The van der Waals surface area contributed by atoms with Gasteiger partial charge in [-0.1, -0.05) is 0 Å². The first-order chi connectivity index (χ1) is 11.8. The fraction of sp³-hybridized carbons (Fsp3) is 0.286. The number of ether oxygens (including phenoxy) is 1. The van der Waals surface area contributed by atoms with E-state index >= 15 is 0 Å². The van der Waals surface area contributed by atoms with Crippen LogP contribution in [0.4, 0.5) is 13.2 Å². The molecule has 3 aromatic heterocycles. The lowest BCUT2D eigenvalue weighted by atomic mass is 10.2. The van der Waals surface area contributed by atoms with E-state index in [-0.39, 0.29) is 29.5 Å². The molecule has 0 atom stereocenters. The molecule has 25 heavy (non-hydrogen) atoms. The van der Waals surface area contributed by atoms with Crippen molar-refractivity contribution in [2.24, 2.45) is 7.05 Å². The maximum absolute atomic E-state index is 13.0. The van der Waals surface area contributed by atoms with Gasteiger partial charge in [-0.25, -0.2) is 0 Å². The molecule has 0 radical (unpaired) electrons. The molecule has 0 unspecified atom stereocenters. The minimum Gasteiger partial charge on any atom is -0.479 e. The molecule has 3 aromatic rings. The van der Waals surface area contributed by atoms with Gasteiger partial charge in [0.15, 0.2) is 11.5 Å². The SMILES string of the molecule is COc1nn(C)cc1C(=O)NCc1nnc2c(C(F)(F)F)cccn12. The Morgan fingerprint density at radius 1 is 1.36 bits per heavy atom. The first-order valence-electron chi connectivity index (χ1n) is 7.07. The quantitative estimate of drug-likeness (QED) is 0.766. The summed E-state index contributed by atoms with van der Waals surface area (Å²) in [5.74, 6) is -0.184. The Balaban J connectivity index is 1.83. The minimum atomic E-state index is -4.54. The summed E-state index contributed by atoms with van der Waals surface area (Å²) in [5, 5.41) is 13.8. The van der Waals surface area contributed by atoms with Crippen LogP contribution in [0.25, 0.3) is 5.65 Å². The Morgan fingerprint density at radius 3 is 2.80 bits per heavy atom. The fourth-order valence-electron chi connectivity index (χ4n) is 2.33. The fourth-order valence-corrected chi connectivity index (χ4v) is 2.33. The third kappa shape index (κ3) is 3.12. The Hall–Kier alpha value is -3.11. The van der Waals surface area contributed by atoms with Crippen LogP contribution in [-0.4, -0.2) is 37.4 Å². The van der Waals surface area contributed by atoms with Crippen molar-refractivity contribution in [3.05, 3.63) is 41.5 Å². The summed E-state index contributed by atoms with van der Waals surface area (Å²) >= 11 is 0. The van der Waals surface area contributed by atoms with Crippen molar-refractivity contribution in [2.45, 2.75) is 12.7 Å². The predicted octanol–water partition coefficient (Wildman–Crippen LogP) is 1.42. The standard InChI is InChI=1S/C14H13F3N6O2/c1-22-7-8(13(21-22)25-2)12(24)18-6-10-19-20-11-9(14(15,16)17)4-3-5-23(10)11/h3-5,7H,6H2,1-2H3,(H,18,24). The molecule has 0 bridgehead atoms. The summed E-state index contributed by atoms with van der Waals surface area (Å²) in [4.78, 5) is 12.2. The molecule has 0 spiro atoms. The van der Waals surface area contributed by atoms with E-state index in [4.69, 9.17) is 4.74 Å². The highest BCUT2D eigenvalue weighted by Crippen LogP contribution is 2.31. The molecule has 0 aliphatic rings. The van der Waals surface area contributed by atoms with E-state index in [1.807, 2.05) is 0 Å². The number of hydrogen-bond donors (Lipinski definition) is 1. The molecule has 0 aromatic carbocycles. The van der Waals surface area contributed by atoms with Gasteiger partial charge < -0.3 is 10.1 Å². The highest BCUT2D eigenvalue weighted by Gasteiger charge is 2.34. The van der Waals surface area contributed by atoms with Gasteiger partial charge in [0.1, 0.15) is 11.1 Å². The van der Waals surface area contributed by atoms with Crippen LogP contribution in [-0.2, 0) is 19.8 Å². The number of nitrogens with one attached hydrogen (secondary N) is 1. The van der Waals surface area contributed by atoms with E-state index in [0.29, 0.717) is 0 Å². The molecule has 3 heterocycles. The Morgan fingerprint density at radius 2 is 2.12 bits per heavy atom. The highest BCUT2D eigenvalue weighted by atomic mass is 19.4. The normalized spacial score (nSPS) is 11.7. The smallest absolute Gasteiger partial charge is 0.420 e. The number of pyridine rings is 1. The zero-order valence-corrected chi connectivity index (χ0v) is 13.2. The molecular formula is C14H13F3N6O2. The molecule has 0 saturated heterocycles. The second-order valence-electron chi connectivity index (χ2n) is 5.14. The van der Waals surface area contributed by atoms with E-state index in [9.17, 15) is 18.0 Å². The number of carbonyl (C=O) groups excluding carboxylic acids is 1. The third-order valence-corrected chi connectivity index (χ3v) is 3.45. The number of aryl methyl sites for hydroxylation is 1.